The highest BCUT2D eigenvalue weighted by Gasteiger charge is 2.19. The minimum atomic E-state index is 0.618. The quantitative estimate of drug-likeness (QED) is 0.727. The topological polar surface area (TPSA) is 21.1 Å². The van der Waals surface area contributed by atoms with Crippen LogP contribution in [0.3, 0.4) is 0 Å². The van der Waals surface area contributed by atoms with Gasteiger partial charge in [-0.2, -0.15) is 5.10 Å². The maximum absolute atomic E-state index is 4.61. The second-order valence-corrected chi connectivity index (χ2v) is 6.18. The molecule has 0 bridgehead atoms. The highest BCUT2D eigenvalue weighted by molar-refractivity contribution is 5.10. The summed E-state index contributed by atoms with van der Waals surface area (Å²) in [7, 11) is 2.21. The van der Waals surface area contributed by atoms with Gasteiger partial charge in [0.1, 0.15) is 0 Å². The average molecular weight is 263 g/mol. The van der Waals surface area contributed by atoms with Crippen molar-refractivity contribution in [1.29, 1.82) is 0 Å². The summed E-state index contributed by atoms with van der Waals surface area (Å²) in [5, 5.41) is 4.61. The maximum Gasteiger partial charge on any atom is 0.0543 e. The van der Waals surface area contributed by atoms with Crippen LogP contribution in [-0.2, 0) is 0 Å². The van der Waals surface area contributed by atoms with E-state index in [0.29, 0.717) is 12.0 Å². The first-order valence-corrected chi connectivity index (χ1v) is 7.93. The molecule has 1 aromatic rings. The van der Waals surface area contributed by atoms with Crippen LogP contribution in [0.2, 0.25) is 0 Å². The predicted molar refractivity (Wildman–Crippen MR) is 80.6 cm³/mol. The Morgan fingerprint density at radius 2 is 2.05 bits per heavy atom. The van der Waals surface area contributed by atoms with Gasteiger partial charge in [-0.05, 0) is 50.9 Å². The summed E-state index contributed by atoms with van der Waals surface area (Å²) < 4.78 is 2.22. The number of hydrogen-bond donors (Lipinski definition) is 0. The van der Waals surface area contributed by atoms with Crippen molar-refractivity contribution in [2.75, 3.05) is 20.1 Å². The molecule has 108 valence electrons. The van der Waals surface area contributed by atoms with Crippen molar-refractivity contribution in [2.24, 2.45) is 0 Å². The van der Waals surface area contributed by atoms with E-state index in [2.05, 4.69) is 48.0 Å². The van der Waals surface area contributed by atoms with Gasteiger partial charge in [0.25, 0.3) is 0 Å². The number of likely N-dealkylation sites (tertiary alicyclic amines) is 1. The van der Waals surface area contributed by atoms with Gasteiger partial charge in [0.15, 0.2) is 0 Å². The largest absolute Gasteiger partial charge is 0.306 e. The highest BCUT2D eigenvalue weighted by atomic mass is 15.3. The van der Waals surface area contributed by atoms with E-state index < -0.39 is 0 Å². The van der Waals surface area contributed by atoms with Gasteiger partial charge in [0, 0.05) is 6.20 Å². The van der Waals surface area contributed by atoms with Gasteiger partial charge in [0.05, 0.1) is 12.2 Å². The van der Waals surface area contributed by atoms with Gasteiger partial charge in [-0.3, -0.25) is 4.68 Å². The van der Waals surface area contributed by atoms with E-state index in [1.54, 1.807) is 0 Å². The van der Waals surface area contributed by atoms with Crippen molar-refractivity contribution < 1.29 is 0 Å². The summed E-state index contributed by atoms with van der Waals surface area (Å²) in [4.78, 5) is 2.41. The third-order valence-corrected chi connectivity index (χ3v) is 4.49. The summed E-state index contributed by atoms with van der Waals surface area (Å²) in [6.07, 6.45) is 12.2. The van der Waals surface area contributed by atoms with Crippen LogP contribution in [0, 0.1) is 0 Å². The van der Waals surface area contributed by atoms with E-state index in [9.17, 15) is 0 Å². The van der Waals surface area contributed by atoms with Crippen molar-refractivity contribution in [3.8, 4) is 0 Å². The maximum atomic E-state index is 4.61. The molecule has 0 spiro atoms. The number of nitrogens with zero attached hydrogens (tertiary/aromatic N) is 3. The van der Waals surface area contributed by atoms with Gasteiger partial charge in [0.2, 0.25) is 0 Å². The number of rotatable bonds is 6. The molecule has 0 aromatic carbocycles. The van der Waals surface area contributed by atoms with E-state index in [4.69, 9.17) is 0 Å². The minimum absolute atomic E-state index is 0.618. The van der Waals surface area contributed by atoms with E-state index >= 15 is 0 Å². The van der Waals surface area contributed by atoms with E-state index in [0.717, 1.165) is 0 Å². The lowest BCUT2D eigenvalue weighted by molar-refractivity contribution is 0.212. The summed E-state index contributed by atoms with van der Waals surface area (Å²) in [5.74, 6) is 0.659. The summed E-state index contributed by atoms with van der Waals surface area (Å²) in [6, 6.07) is 0.618. The number of unbranched alkanes of at least 4 members (excludes halogenated alkanes) is 2. The lowest BCUT2D eigenvalue weighted by atomic mass is 9.98. The average Bonchev–Trinajstić information content (AvgIpc) is 2.89. The van der Waals surface area contributed by atoms with Crippen LogP contribution in [0.15, 0.2) is 12.4 Å². The molecule has 1 atom stereocenters. The van der Waals surface area contributed by atoms with Gasteiger partial charge in [-0.1, -0.05) is 33.1 Å². The number of aromatic nitrogens is 2. The van der Waals surface area contributed by atoms with Crippen molar-refractivity contribution in [1.82, 2.24) is 14.7 Å². The molecule has 3 nitrogen and oxygen atoms in total. The van der Waals surface area contributed by atoms with Crippen LogP contribution in [0.5, 0.6) is 0 Å². The molecule has 19 heavy (non-hydrogen) atoms. The van der Waals surface area contributed by atoms with Crippen LogP contribution in [0.4, 0.5) is 0 Å². The van der Waals surface area contributed by atoms with Crippen molar-refractivity contribution in [2.45, 2.75) is 64.3 Å². The predicted octanol–water partition coefficient (Wildman–Crippen LogP) is 3.83. The molecule has 1 fully saturated rings. The first kappa shape index (κ1) is 14.6. The van der Waals surface area contributed by atoms with Crippen molar-refractivity contribution >= 4 is 0 Å². The zero-order valence-electron chi connectivity index (χ0n) is 12.8. The number of piperidine rings is 1. The zero-order valence-corrected chi connectivity index (χ0v) is 12.8. The highest BCUT2D eigenvalue weighted by Crippen LogP contribution is 2.25. The zero-order chi connectivity index (χ0) is 13.7. The summed E-state index contributed by atoms with van der Waals surface area (Å²) in [6.45, 7) is 7.01. The van der Waals surface area contributed by atoms with Gasteiger partial charge in [-0.25, -0.2) is 0 Å². The molecule has 0 saturated carbocycles. The van der Waals surface area contributed by atoms with Crippen LogP contribution in [0.1, 0.15) is 69.9 Å². The SMILES string of the molecule is CCCCCC(C)c1cnn(C2CCN(C)CC2)c1. The van der Waals surface area contributed by atoms with Gasteiger partial charge >= 0.3 is 0 Å². The Morgan fingerprint density at radius 1 is 1.32 bits per heavy atom. The Balaban J connectivity index is 1.87. The van der Waals surface area contributed by atoms with Crippen LogP contribution >= 0.6 is 0 Å². The lowest BCUT2D eigenvalue weighted by Gasteiger charge is -2.29. The molecule has 0 aliphatic carbocycles. The Morgan fingerprint density at radius 3 is 2.74 bits per heavy atom. The molecule has 2 heterocycles. The lowest BCUT2D eigenvalue weighted by Crippen LogP contribution is -2.31. The fourth-order valence-electron chi connectivity index (χ4n) is 2.93. The Kier molecular flexibility index (Phi) is 5.44. The molecule has 1 aromatic heterocycles. The molecule has 1 unspecified atom stereocenters. The fraction of sp³-hybridized carbons (Fsp3) is 0.812. The Bertz CT molecular complexity index is 364. The van der Waals surface area contributed by atoms with E-state index in [-0.39, 0.29) is 0 Å². The summed E-state index contributed by atoms with van der Waals surface area (Å²) >= 11 is 0. The Hall–Kier alpha value is -0.830. The minimum Gasteiger partial charge on any atom is -0.306 e. The Labute approximate surface area is 118 Å². The molecule has 0 amide bonds. The van der Waals surface area contributed by atoms with Gasteiger partial charge in [-0.15, -0.1) is 0 Å². The molecular formula is C16H29N3. The van der Waals surface area contributed by atoms with Crippen LogP contribution in [-0.4, -0.2) is 34.8 Å². The molecular weight excluding hydrogens is 234 g/mol. The molecule has 1 saturated heterocycles. The van der Waals surface area contributed by atoms with Crippen LogP contribution < -0.4 is 0 Å². The van der Waals surface area contributed by atoms with Crippen molar-refractivity contribution in [3.05, 3.63) is 18.0 Å². The first-order valence-electron chi connectivity index (χ1n) is 7.93. The smallest absolute Gasteiger partial charge is 0.0543 e. The number of hydrogen-bond acceptors (Lipinski definition) is 2. The molecule has 1 aliphatic heterocycles. The fourth-order valence-corrected chi connectivity index (χ4v) is 2.93. The van der Waals surface area contributed by atoms with E-state index in [1.165, 1.54) is 57.2 Å². The molecule has 1 aliphatic rings. The third-order valence-electron chi connectivity index (χ3n) is 4.49. The monoisotopic (exact) mass is 263 g/mol. The van der Waals surface area contributed by atoms with Gasteiger partial charge < -0.3 is 4.90 Å². The molecule has 2 rings (SSSR count). The standard InChI is InChI=1S/C16H29N3/c1-4-5-6-7-14(2)15-12-17-19(13-15)16-8-10-18(3)11-9-16/h12-14,16H,4-11H2,1-3H3. The molecule has 0 radical (unpaired) electrons. The first-order chi connectivity index (χ1) is 9.20. The third kappa shape index (κ3) is 4.07. The second kappa shape index (κ2) is 7.09. The van der Waals surface area contributed by atoms with Crippen LogP contribution in [0.25, 0.3) is 0 Å². The second-order valence-electron chi connectivity index (χ2n) is 6.18. The molecule has 0 N–H and O–H groups in total. The summed E-state index contributed by atoms with van der Waals surface area (Å²) in [5.41, 5.74) is 1.43. The van der Waals surface area contributed by atoms with E-state index in [1.807, 2.05) is 0 Å². The normalized spacial score (nSPS) is 19.7. The van der Waals surface area contributed by atoms with Crippen molar-refractivity contribution in [3.63, 3.8) is 0 Å². The molecule has 3 heteroatoms.